The number of anilines is 1. The number of ether oxygens (including phenoxy) is 1. The number of carbonyl (C=O) groups is 1. The van der Waals surface area contributed by atoms with Crippen LogP contribution in [0.25, 0.3) is 6.08 Å². The van der Waals surface area contributed by atoms with Crippen molar-refractivity contribution in [3.05, 3.63) is 81.9 Å². The zero-order valence-electron chi connectivity index (χ0n) is 15.4. The van der Waals surface area contributed by atoms with E-state index in [-0.39, 0.29) is 5.57 Å². The predicted octanol–water partition coefficient (Wildman–Crippen LogP) is 4.85. The third-order valence-corrected chi connectivity index (χ3v) is 4.40. The zero-order chi connectivity index (χ0) is 20.8. The number of carbonyl (C=O) groups excluding carboxylic acids is 1. The number of amides is 1. The molecule has 2 aromatic carbocycles. The van der Waals surface area contributed by atoms with Gasteiger partial charge >= 0.3 is 0 Å². The van der Waals surface area contributed by atoms with E-state index >= 15 is 0 Å². The van der Waals surface area contributed by atoms with Crippen LogP contribution in [0.5, 0.6) is 5.75 Å². The minimum Gasteiger partial charge on any atom is -0.486 e. The third kappa shape index (κ3) is 5.61. The van der Waals surface area contributed by atoms with Gasteiger partial charge < -0.3 is 14.6 Å². The normalized spacial score (nSPS) is 11.0. The van der Waals surface area contributed by atoms with Gasteiger partial charge in [0, 0.05) is 35.2 Å². The van der Waals surface area contributed by atoms with E-state index in [1.807, 2.05) is 23.9 Å². The van der Waals surface area contributed by atoms with Crippen molar-refractivity contribution in [3.63, 3.8) is 0 Å². The standard InChI is InChI=1S/C21H16Cl2N4O2/c1-27-7-6-25-20(27)13-29-19-4-2-14(3-5-19)8-15(12-24)21(28)26-18-10-16(22)9-17(23)11-18/h2-11H,13H2,1H3,(H,26,28). The quantitative estimate of drug-likeness (QED) is 0.451. The highest BCUT2D eigenvalue weighted by molar-refractivity contribution is 6.35. The average Bonchev–Trinajstić information content (AvgIpc) is 3.09. The highest BCUT2D eigenvalue weighted by Crippen LogP contribution is 2.23. The van der Waals surface area contributed by atoms with Gasteiger partial charge in [0.05, 0.1) is 0 Å². The molecule has 3 rings (SSSR count). The molecule has 0 atom stereocenters. The molecule has 146 valence electrons. The van der Waals surface area contributed by atoms with Crippen molar-refractivity contribution >= 4 is 40.9 Å². The molecule has 0 radical (unpaired) electrons. The van der Waals surface area contributed by atoms with Gasteiger partial charge in [-0.1, -0.05) is 35.3 Å². The molecule has 0 bridgehead atoms. The highest BCUT2D eigenvalue weighted by Gasteiger charge is 2.11. The average molecular weight is 427 g/mol. The number of aromatic nitrogens is 2. The second kappa shape index (κ2) is 9.28. The van der Waals surface area contributed by atoms with Crippen LogP contribution in [0.3, 0.4) is 0 Å². The van der Waals surface area contributed by atoms with Gasteiger partial charge in [0.1, 0.15) is 29.8 Å². The molecule has 0 aliphatic rings. The molecule has 29 heavy (non-hydrogen) atoms. The third-order valence-electron chi connectivity index (χ3n) is 3.97. The molecular weight excluding hydrogens is 411 g/mol. The van der Waals surface area contributed by atoms with Gasteiger partial charge in [0.2, 0.25) is 0 Å². The molecular formula is C21H16Cl2N4O2. The molecule has 1 amide bonds. The van der Waals surface area contributed by atoms with Crippen molar-refractivity contribution < 1.29 is 9.53 Å². The zero-order valence-corrected chi connectivity index (χ0v) is 16.9. The van der Waals surface area contributed by atoms with E-state index in [9.17, 15) is 10.1 Å². The molecule has 0 spiro atoms. The van der Waals surface area contributed by atoms with Gasteiger partial charge in [0.15, 0.2) is 0 Å². The first-order valence-electron chi connectivity index (χ1n) is 8.53. The maximum Gasteiger partial charge on any atom is 0.266 e. The number of hydrogen-bond donors (Lipinski definition) is 1. The van der Waals surface area contributed by atoms with Crippen LogP contribution in [0, 0.1) is 11.3 Å². The van der Waals surface area contributed by atoms with Crippen LogP contribution >= 0.6 is 23.2 Å². The predicted molar refractivity (Wildman–Crippen MR) is 113 cm³/mol. The first-order valence-corrected chi connectivity index (χ1v) is 9.28. The fourth-order valence-electron chi connectivity index (χ4n) is 2.48. The van der Waals surface area contributed by atoms with E-state index in [2.05, 4.69) is 10.3 Å². The number of halogens is 2. The first kappa shape index (κ1) is 20.5. The summed E-state index contributed by atoms with van der Waals surface area (Å²) in [5.74, 6) is 0.904. The Morgan fingerprint density at radius 2 is 1.93 bits per heavy atom. The topological polar surface area (TPSA) is 79.9 Å². The second-order valence-electron chi connectivity index (χ2n) is 6.09. The summed E-state index contributed by atoms with van der Waals surface area (Å²) in [6.07, 6.45) is 5.04. The van der Waals surface area contributed by atoms with Crippen LogP contribution in [0.1, 0.15) is 11.4 Å². The van der Waals surface area contributed by atoms with Crippen molar-refractivity contribution in [2.75, 3.05) is 5.32 Å². The summed E-state index contributed by atoms with van der Waals surface area (Å²) in [5.41, 5.74) is 1.04. The summed E-state index contributed by atoms with van der Waals surface area (Å²) in [5, 5.41) is 12.7. The summed E-state index contributed by atoms with van der Waals surface area (Å²) in [6.45, 7) is 0.340. The maximum absolute atomic E-state index is 12.4. The monoisotopic (exact) mass is 426 g/mol. The molecule has 0 unspecified atom stereocenters. The highest BCUT2D eigenvalue weighted by atomic mass is 35.5. The second-order valence-corrected chi connectivity index (χ2v) is 6.97. The lowest BCUT2D eigenvalue weighted by molar-refractivity contribution is -0.112. The molecule has 0 aliphatic heterocycles. The molecule has 0 aliphatic carbocycles. The van der Waals surface area contributed by atoms with E-state index < -0.39 is 5.91 Å². The summed E-state index contributed by atoms with van der Waals surface area (Å²) in [7, 11) is 1.89. The summed E-state index contributed by atoms with van der Waals surface area (Å²) < 4.78 is 7.57. The van der Waals surface area contributed by atoms with E-state index in [4.69, 9.17) is 27.9 Å². The Kier molecular flexibility index (Phi) is 6.55. The van der Waals surface area contributed by atoms with Gasteiger partial charge in [-0.25, -0.2) is 4.98 Å². The number of nitrogens with zero attached hydrogens (tertiary/aromatic N) is 3. The van der Waals surface area contributed by atoms with Crippen molar-refractivity contribution in [3.8, 4) is 11.8 Å². The number of imidazole rings is 1. The number of hydrogen-bond acceptors (Lipinski definition) is 4. The molecule has 3 aromatic rings. The molecule has 8 heteroatoms. The van der Waals surface area contributed by atoms with Crippen molar-refractivity contribution in [2.45, 2.75) is 6.61 Å². The van der Waals surface area contributed by atoms with Gasteiger partial charge in [-0.15, -0.1) is 0 Å². The SMILES string of the molecule is Cn1ccnc1COc1ccc(C=C(C#N)C(=O)Nc2cc(Cl)cc(Cl)c2)cc1. The van der Waals surface area contributed by atoms with Crippen LogP contribution in [0.4, 0.5) is 5.69 Å². The minimum absolute atomic E-state index is 0.0530. The lowest BCUT2D eigenvalue weighted by Crippen LogP contribution is -2.13. The molecule has 6 nitrogen and oxygen atoms in total. The van der Waals surface area contributed by atoms with Crippen LogP contribution in [-0.4, -0.2) is 15.5 Å². The fourth-order valence-corrected chi connectivity index (χ4v) is 3.01. The summed E-state index contributed by atoms with van der Waals surface area (Å²) in [6, 6.07) is 13.6. The van der Waals surface area contributed by atoms with Crippen LogP contribution < -0.4 is 10.1 Å². The fraction of sp³-hybridized carbons (Fsp3) is 0.0952. The van der Waals surface area contributed by atoms with E-state index in [1.54, 1.807) is 48.7 Å². The molecule has 1 N–H and O–H groups in total. The minimum atomic E-state index is -0.555. The van der Waals surface area contributed by atoms with Crippen molar-refractivity contribution in [1.29, 1.82) is 5.26 Å². The molecule has 1 heterocycles. The van der Waals surface area contributed by atoms with Gasteiger partial charge in [-0.05, 0) is 42.0 Å². The van der Waals surface area contributed by atoms with Crippen LogP contribution in [0.2, 0.25) is 10.0 Å². The number of rotatable bonds is 6. The molecule has 0 saturated heterocycles. The van der Waals surface area contributed by atoms with E-state index in [1.165, 1.54) is 6.08 Å². The maximum atomic E-state index is 12.4. The Balaban J connectivity index is 1.67. The largest absolute Gasteiger partial charge is 0.486 e. The Hall–Kier alpha value is -3.27. The lowest BCUT2D eigenvalue weighted by atomic mass is 10.1. The molecule has 1 aromatic heterocycles. The van der Waals surface area contributed by atoms with Gasteiger partial charge in [-0.3, -0.25) is 4.79 Å². The number of nitrogens with one attached hydrogen (secondary N) is 1. The summed E-state index contributed by atoms with van der Waals surface area (Å²) >= 11 is 11.9. The Morgan fingerprint density at radius 3 is 2.52 bits per heavy atom. The number of nitriles is 1. The van der Waals surface area contributed by atoms with Crippen LogP contribution in [0.15, 0.2) is 60.4 Å². The number of aryl methyl sites for hydroxylation is 1. The Labute approximate surface area is 178 Å². The Morgan fingerprint density at radius 1 is 1.24 bits per heavy atom. The van der Waals surface area contributed by atoms with E-state index in [0.717, 1.165) is 5.82 Å². The van der Waals surface area contributed by atoms with Gasteiger partial charge in [-0.2, -0.15) is 5.26 Å². The smallest absolute Gasteiger partial charge is 0.266 e. The number of benzene rings is 2. The van der Waals surface area contributed by atoms with E-state index in [0.29, 0.717) is 33.7 Å². The molecule has 0 fully saturated rings. The van der Waals surface area contributed by atoms with Crippen molar-refractivity contribution in [2.24, 2.45) is 7.05 Å². The lowest BCUT2D eigenvalue weighted by Gasteiger charge is -2.07. The first-order chi connectivity index (χ1) is 13.9. The van der Waals surface area contributed by atoms with Gasteiger partial charge in [0.25, 0.3) is 5.91 Å². The molecule has 0 saturated carbocycles. The summed E-state index contributed by atoms with van der Waals surface area (Å²) in [4.78, 5) is 16.6. The van der Waals surface area contributed by atoms with Crippen molar-refractivity contribution in [1.82, 2.24) is 9.55 Å². The van der Waals surface area contributed by atoms with Crippen LogP contribution in [-0.2, 0) is 18.4 Å². The Bertz CT molecular complexity index is 1080.